The molecule has 5 heteroatoms. The minimum atomic E-state index is 0.112. The van der Waals surface area contributed by atoms with Gasteiger partial charge in [0.15, 0.2) is 0 Å². The van der Waals surface area contributed by atoms with Crippen LogP contribution in [0.1, 0.15) is 25.1 Å². The van der Waals surface area contributed by atoms with Gasteiger partial charge in [0.1, 0.15) is 0 Å². The molecular formula is C11H16N4O. The molecule has 0 saturated carbocycles. The summed E-state index contributed by atoms with van der Waals surface area (Å²) in [5.41, 5.74) is 2.12. The zero-order chi connectivity index (χ0) is 11.5. The average molecular weight is 220 g/mol. The van der Waals surface area contributed by atoms with Gasteiger partial charge in [-0.2, -0.15) is 0 Å². The number of aromatic nitrogens is 2. The molecule has 2 heterocycles. The summed E-state index contributed by atoms with van der Waals surface area (Å²) < 4.78 is 0. The Balaban J connectivity index is 2.18. The molecule has 1 aromatic heterocycles. The highest BCUT2D eigenvalue weighted by Gasteiger charge is 2.19. The molecule has 0 aromatic carbocycles. The molecule has 16 heavy (non-hydrogen) atoms. The Morgan fingerprint density at radius 2 is 2.44 bits per heavy atom. The smallest absolute Gasteiger partial charge is 0.222 e. The first-order valence-corrected chi connectivity index (χ1v) is 5.55. The van der Waals surface area contributed by atoms with Crippen LogP contribution in [0.25, 0.3) is 0 Å². The van der Waals surface area contributed by atoms with Crippen LogP contribution < -0.4 is 5.32 Å². The van der Waals surface area contributed by atoms with Crippen molar-refractivity contribution in [2.24, 2.45) is 0 Å². The molecular weight excluding hydrogens is 204 g/mol. The van der Waals surface area contributed by atoms with Crippen molar-refractivity contribution >= 4 is 11.9 Å². The number of hydrogen-bond acceptors (Lipinski definition) is 4. The van der Waals surface area contributed by atoms with Crippen LogP contribution in [0, 0.1) is 0 Å². The van der Waals surface area contributed by atoms with Crippen LogP contribution in [0.2, 0.25) is 0 Å². The molecule has 0 radical (unpaired) electrons. The van der Waals surface area contributed by atoms with Crippen LogP contribution in [-0.2, 0) is 17.8 Å². The molecule has 1 aromatic rings. The Morgan fingerprint density at radius 3 is 3.12 bits per heavy atom. The molecule has 1 aliphatic heterocycles. The van der Waals surface area contributed by atoms with Crippen molar-refractivity contribution in [1.29, 1.82) is 0 Å². The SMILES string of the molecule is CCNc1ncc2c(n1)CCN(C(C)=O)C2. The molecule has 5 nitrogen and oxygen atoms in total. The van der Waals surface area contributed by atoms with Crippen molar-refractivity contribution in [3.63, 3.8) is 0 Å². The number of hydrogen-bond donors (Lipinski definition) is 1. The van der Waals surface area contributed by atoms with Crippen molar-refractivity contribution in [3.8, 4) is 0 Å². The molecule has 0 spiro atoms. The predicted molar refractivity (Wildman–Crippen MR) is 61.0 cm³/mol. The average Bonchev–Trinajstić information content (AvgIpc) is 2.28. The lowest BCUT2D eigenvalue weighted by atomic mass is 10.1. The Kier molecular flexibility index (Phi) is 3.03. The molecule has 0 unspecified atom stereocenters. The van der Waals surface area contributed by atoms with Crippen LogP contribution in [0.5, 0.6) is 0 Å². The van der Waals surface area contributed by atoms with Crippen LogP contribution in [-0.4, -0.2) is 33.9 Å². The van der Waals surface area contributed by atoms with Gasteiger partial charge in [0, 0.05) is 44.7 Å². The van der Waals surface area contributed by atoms with E-state index in [0.29, 0.717) is 12.5 Å². The first kappa shape index (κ1) is 10.9. The fourth-order valence-electron chi connectivity index (χ4n) is 1.83. The van der Waals surface area contributed by atoms with E-state index in [1.165, 1.54) is 0 Å². The highest BCUT2D eigenvalue weighted by Crippen LogP contribution is 2.17. The molecule has 2 rings (SSSR count). The van der Waals surface area contributed by atoms with Gasteiger partial charge in [-0.15, -0.1) is 0 Å². The number of fused-ring (bicyclic) bond motifs is 1. The van der Waals surface area contributed by atoms with Crippen molar-refractivity contribution in [2.45, 2.75) is 26.8 Å². The van der Waals surface area contributed by atoms with E-state index < -0.39 is 0 Å². The quantitative estimate of drug-likeness (QED) is 0.801. The van der Waals surface area contributed by atoms with Gasteiger partial charge in [-0.05, 0) is 6.92 Å². The molecule has 0 bridgehead atoms. The second-order valence-corrected chi connectivity index (χ2v) is 3.89. The van der Waals surface area contributed by atoms with E-state index in [-0.39, 0.29) is 5.91 Å². The number of amides is 1. The summed E-state index contributed by atoms with van der Waals surface area (Å²) in [6.07, 6.45) is 2.63. The summed E-state index contributed by atoms with van der Waals surface area (Å²) in [4.78, 5) is 21.7. The zero-order valence-electron chi connectivity index (χ0n) is 9.66. The largest absolute Gasteiger partial charge is 0.354 e. The summed E-state index contributed by atoms with van der Waals surface area (Å²) in [6.45, 7) is 5.82. The number of carbonyl (C=O) groups is 1. The van der Waals surface area contributed by atoms with Crippen molar-refractivity contribution < 1.29 is 4.79 Å². The highest BCUT2D eigenvalue weighted by molar-refractivity contribution is 5.73. The highest BCUT2D eigenvalue weighted by atomic mass is 16.2. The standard InChI is InChI=1S/C11H16N4O/c1-3-12-11-13-6-9-7-15(8(2)16)5-4-10(9)14-11/h6H,3-5,7H2,1-2H3,(H,12,13,14). The Hall–Kier alpha value is -1.65. The van der Waals surface area contributed by atoms with Gasteiger partial charge in [-0.3, -0.25) is 4.79 Å². The van der Waals surface area contributed by atoms with Crippen LogP contribution in [0.15, 0.2) is 6.20 Å². The monoisotopic (exact) mass is 220 g/mol. The molecule has 0 saturated heterocycles. The predicted octanol–water partition coefficient (Wildman–Crippen LogP) is 0.813. The van der Waals surface area contributed by atoms with Gasteiger partial charge >= 0.3 is 0 Å². The number of rotatable bonds is 2. The second-order valence-electron chi connectivity index (χ2n) is 3.89. The van der Waals surface area contributed by atoms with Crippen LogP contribution >= 0.6 is 0 Å². The topological polar surface area (TPSA) is 58.1 Å². The maximum absolute atomic E-state index is 11.3. The van der Waals surface area contributed by atoms with Crippen molar-refractivity contribution in [3.05, 3.63) is 17.5 Å². The number of anilines is 1. The zero-order valence-corrected chi connectivity index (χ0v) is 9.66. The Labute approximate surface area is 94.9 Å². The fraction of sp³-hybridized carbons (Fsp3) is 0.545. The third-order valence-corrected chi connectivity index (χ3v) is 2.71. The molecule has 0 fully saturated rings. The lowest BCUT2D eigenvalue weighted by Crippen LogP contribution is -2.34. The molecule has 1 N–H and O–H groups in total. The number of nitrogens with zero attached hydrogens (tertiary/aromatic N) is 3. The molecule has 0 aliphatic carbocycles. The maximum Gasteiger partial charge on any atom is 0.222 e. The fourth-order valence-corrected chi connectivity index (χ4v) is 1.83. The van der Waals surface area contributed by atoms with Crippen LogP contribution in [0.4, 0.5) is 5.95 Å². The first-order chi connectivity index (χ1) is 7.70. The van der Waals surface area contributed by atoms with E-state index in [9.17, 15) is 4.79 Å². The summed E-state index contributed by atoms with van der Waals surface area (Å²) in [6, 6.07) is 0. The van der Waals surface area contributed by atoms with Gasteiger partial charge in [-0.1, -0.05) is 0 Å². The van der Waals surface area contributed by atoms with E-state index >= 15 is 0 Å². The van der Waals surface area contributed by atoms with E-state index in [4.69, 9.17) is 0 Å². The molecule has 86 valence electrons. The normalized spacial score (nSPS) is 14.5. The summed E-state index contributed by atoms with van der Waals surface area (Å²) in [5.74, 6) is 0.791. The molecule has 0 atom stereocenters. The third-order valence-electron chi connectivity index (χ3n) is 2.71. The summed E-state index contributed by atoms with van der Waals surface area (Å²) >= 11 is 0. The number of nitrogens with one attached hydrogen (secondary N) is 1. The molecule has 1 amide bonds. The molecule has 1 aliphatic rings. The van der Waals surface area contributed by atoms with Crippen molar-refractivity contribution in [2.75, 3.05) is 18.4 Å². The lowest BCUT2D eigenvalue weighted by Gasteiger charge is -2.27. The van der Waals surface area contributed by atoms with Crippen molar-refractivity contribution in [1.82, 2.24) is 14.9 Å². The van der Waals surface area contributed by atoms with E-state index in [1.807, 2.05) is 18.0 Å². The van der Waals surface area contributed by atoms with Gasteiger partial charge in [0.25, 0.3) is 0 Å². The lowest BCUT2D eigenvalue weighted by molar-refractivity contribution is -0.129. The summed E-state index contributed by atoms with van der Waals surface area (Å²) in [7, 11) is 0. The summed E-state index contributed by atoms with van der Waals surface area (Å²) in [5, 5.41) is 3.09. The minimum Gasteiger partial charge on any atom is -0.354 e. The third kappa shape index (κ3) is 2.13. The van der Waals surface area contributed by atoms with E-state index in [0.717, 1.165) is 30.8 Å². The van der Waals surface area contributed by atoms with E-state index in [1.54, 1.807) is 6.92 Å². The number of carbonyl (C=O) groups excluding carboxylic acids is 1. The van der Waals surface area contributed by atoms with Gasteiger partial charge < -0.3 is 10.2 Å². The van der Waals surface area contributed by atoms with Gasteiger partial charge in [0.2, 0.25) is 11.9 Å². The van der Waals surface area contributed by atoms with Crippen LogP contribution in [0.3, 0.4) is 0 Å². The van der Waals surface area contributed by atoms with E-state index in [2.05, 4.69) is 15.3 Å². The van der Waals surface area contributed by atoms with Gasteiger partial charge in [0.05, 0.1) is 5.69 Å². The second kappa shape index (κ2) is 4.47. The van der Waals surface area contributed by atoms with Gasteiger partial charge in [-0.25, -0.2) is 9.97 Å². The Bertz CT molecular complexity index is 405. The maximum atomic E-state index is 11.3. The minimum absolute atomic E-state index is 0.112. The Morgan fingerprint density at radius 1 is 1.62 bits per heavy atom. The first-order valence-electron chi connectivity index (χ1n) is 5.55.